The number of amides is 1. The van der Waals surface area contributed by atoms with Crippen molar-refractivity contribution in [3.8, 4) is 11.5 Å². The molecule has 1 aromatic carbocycles. The Morgan fingerprint density at radius 2 is 2.12 bits per heavy atom. The molecule has 0 bridgehead atoms. The van der Waals surface area contributed by atoms with Crippen molar-refractivity contribution in [2.45, 2.75) is 26.1 Å². The third-order valence-corrected chi connectivity index (χ3v) is 5.13. The largest absolute Gasteiger partial charge is 0.487 e. The number of hydrogen-bond donors (Lipinski definition) is 0. The number of para-hydroxylation sites is 1. The first-order chi connectivity index (χ1) is 11.9. The third-order valence-electron chi connectivity index (χ3n) is 3.79. The monoisotopic (exact) mass is 387 g/mol. The lowest BCUT2D eigenvalue weighted by Gasteiger charge is -2.17. The summed E-state index contributed by atoms with van der Waals surface area (Å²) in [5.74, 6) is 0.175. The molecule has 0 radical (unpaired) electrons. The van der Waals surface area contributed by atoms with Gasteiger partial charge in [-0.25, -0.2) is 0 Å². The van der Waals surface area contributed by atoms with Crippen molar-refractivity contribution >= 4 is 28.8 Å². The van der Waals surface area contributed by atoms with Gasteiger partial charge in [0, 0.05) is 17.8 Å². The van der Waals surface area contributed by atoms with Crippen LogP contribution in [0.5, 0.6) is 11.5 Å². The molecule has 1 aliphatic heterocycles. The van der Waals surface area contributed by atoms with E-state index in [0.29, 0.717) is 30.3 Å². The van der Waals surface area contributed by atoms with E-state index in [-0.39, 0.29) is 22.6 Å². The maximum atomic E-state index is 12.7. The molecule has 1 fully saturated rings. The maximum Gasteiger partial charge on any atom is 0.387 e. The Morgan fingerprint density at radius 3 is 2.84 bits per heavy atom. The van der Waals surface area contributed by atoms with Crippen LogP contribution < -0.4 is 9.47 Å². The molecule has 1 aromatic heterocycles. The summed E-state index contributed by atoms with van der Waals surface area (Å²) in [6.45, 7) is -0.364. The van der Waals surface area contributed by atoms with Gasteiger partial charge in [0.15, 0.2) is 0 Å². The zero-order valence-electron chi connectivity index (χ0n) is 13.4. The number of alkyl halides is 2. The fraction of sp³-hybridized carbons (Fsp3) is 0.353. The smallest absolute Gasteiger partial charge is 0.387 e. The number of rotatable bonds is 5. The first kappa shape index (κ1) is 17.9. The van der Waals surface area contributed by atoms with Crippen LogP contribution in [0.4, 0.5) is 8.78 Å². The van der Waals surface area contributed by atoms with Crippen molar-refractivity contribution in [1.29, 1.82) is 0 Å². The Kier molecular flexibility index (Phi) is 5.44. The van der Waals surface area contributed by atoms with E-state index in [1.165, 1.54) is 6.07 Å². The van der Waals surface area contributed by atoms with E-state index in [2.05, 4.69) is 4.74 Å². The van der Waals surface area contributed by atoms with E-state index >= 15 is 0 Å². The molecule has 0 N–H and O–H groups in total. The number of aryl methyl sites for hydroxylation is 1. The highest BCUT2D eigenvalue weighted by Crippen LogP contribution is 2.33. The molecule has 0 saturated carbocycles. The van der Waals surface area contributed by atoms with Crippen LogP contribution in [-0.2, 0) is 0 Å². The topological polar surface area (TPSA) is 38.8 Å². The average molecular weight is 388 g/mol. The molecule has 2 aromatic rings. The predicted molar refractivity (Wildman–Crippen MR) is 92.1 cm³/mol. The van der Waals surface area contributed by atoms with Crippen molar-refractivity contribution in [1.82, 2.24) is 4.90 Å². The second-order valence-corrected chi connectivity index (χ2v) is 7.30. The molecule has 8 heteroatoms. The molecule has 1 atom stereocenters. The van der Waals surface area contributed by atoms with Gasteiger partial charge in [-0.3, -0.25) is 4.79 Å². The Morgan fingerprint density at radius 1 is 1.36 bits per heavy atom. The van der Waals surface area contributed by atoms with Gasteiger partial charge >= 0.3 is 6.61 Å². The van der Waals surface area contributed by atoms with Gasteiger partial charge in [-0.2, -0.15) is 8.78 Å². The molecule has 4 nitrogen and oxygen atoms in total. The quantitative estimate of drug-likeness (QED) is 0.752. The molecular weight excluding hydrogens is 372 g/mol. The minimum absolute atomic E-state index is 0.0713. The number of hydrogen-bond acceptors (Lipinski definition) is 4. The van der Waals surface area contributed by atoms with E-state index in [4.69, 9.17) is 16.3 Å². The summed E-state index contributed by atoms with van der Waals surface area (Å²) in [5.41, 5.74) is 0. The third kappa shape index (κ3) is 4.22. The summed E-state index contributed by atoms with van der Waals surface area (Å²) in [7, 11) is 0. The highest BCUT2D eigenvalue weighted by Gasteiger charge is 2.31. The molecule has 25 heavy (non-hydrogen) atoms. The molecule has 134 valence electrons. The van der Waals surface area contributed by atoms with Crippen LogP contribution in [0.2, 0.25) is 5.02 Å². The van der Waals surface area contributed by atoms with Crippen LogP contribution in [0, 0.1) is 6.92 Å². The van der Waals surface area contributed by atoms with Crippen molar-refractivity contribution in [3.63, 3.8) is 0 Å². The summed E-state index contributed by atoms with van der Waals surface area (Å²) in [4.78, 5) is 15.2. The first-order valence-corrected chi connectivity index (χ1v) is 8.89. The van der Waals surface area contributed by atoms with Crippen LogP contribution in [-0.4, -0.2) is 36.6 Å². The lowest BCUT2D eigenvalue weighted by Crippen LogP contribution is -2.30. The Hall–Kier alpha value is -1.86. The number of ether oxygens (including phenoxy) is 2. The lowest BCUT2D eigenvalue weighted by molar-refractivity contribution is -0.0499. The summed E-state index contributed by atoms with van der Waals surface area (Å²) in [5, 5.41) is 0.508. The van der Waals surface area contributed by atoms with Crippen molar-refractivity contribution < 1.29 is 23.0 Å². The van der Waals surface area contributed by atoms with Crippen LogP contribution in [0.1, 0.15) is 21.0 Å². The van der Waals surface area contributed by atoms with E-state index in [1.54, 1.807) is 24.0 Å². The summed E-state index contributed by atoms with van der Waals surface area (Å²) >= 11 is 7.23. The van der Waals surface area contributed by atoms with Crippen LogP contribution >= 0.6 is 22.9 Å². The fourth-order valence-electron chi connectivity index (χ4n) is 2.70. The molecule has 1 unspecified atom stereocenters. The maximum absolute atomic E-state index is 12.7. The second-order valence-electron chi connectivity index (χ2n) is 5.64. The highest BCUT2D eigenvalue weighted by molar-refractivity contribution is 7.14. The first-order valence-electron chi connectivity index (χ1n) is 7.69. The van der Waals surface area contributed by atoms with Gasteiger partial charge in [-0.05, 0) is 25.1 Å². The summed E-state index contributed by atoms with van der Waals surface area (Å²) in [6, 6.07) is 8.59. The molecular formula is C17H16ClF2NO3S. The fourth-order valence-corrected chi connectivity index (χ4v) is 3.79. The Balaban J connectivity index is 1.68. The number of thiophene rings is 1. The zero-order chi connectivity index (χ0) is 18.0. The molecule has 1 amide bonds. The van der Waals surface area contributed by atoms with Crippen LogP contribution in [0.25, 0.3) is 0 Å². The van der Waals surface area contributed by atoms with Crippen molar-refractivity contribution in [3.05, 3.63) is 45.1 Å². The SMILES string of the molecule is Cc1cc(OC(F)F)c(C(=O)N2CCC(Oc3ccccc3Cl)C2)s1. The van der Waals surface area contributed by atoms with Crippen molar-refractivity contribution in [2.24, 2.45) is 0 Å². The van der Waals surface area contributed by atoms with E-state index in [0.717, 1.165) is 16.2 Å². The number of carbonyl (C=O) groups is 1. The van der Waals surface area contributed by atoms with Crippen LogP contribution in [0.15, 0.2) is 30.3 Å². The van der Waals surface area contributed by atoms with Gasteiger partial charge in [0.25, 0.3) is 5.91 Å². The average Bonchev–Trinajstić information content (AvgIpc) is 3.15. The molecule has 0 aliphatic carbocycles. The number of carbonyl (C=O) groups excluding carboxylic acids is 1. The van der Waals surface area contributed by atoms with Crippen LogP contribution in [0.3, 0.4) is 0 Å². The van der Waals surface area contributed by atoms with Gasteiger partial charge in [0.1, 0.15) is 22.5 Å². The summed E-state index contributed by atoms with van der Waals surface area (Å²) in [6.07, 6.45) is 0.455. The van der Waals surface area contributed by atoms with Gasteiger partial charge < -0.3 is 14.4 Å². The number of benzene rings is 1. The van der Waals surface area contributed by atoms with E-state index in [9.17, 15) is 13.6 Å². The van der Waals surface area contributed by atoms with E-state index in [1.807, 2.05) is 12.1 Å². The van der Waals surface area contributed by atoms with Gasteiger partial charge in [-0.1, -0.05) is 23.7 Å². The van der Waals surface area contributed by atoms with Gasteiger partial charge in [0.05, 0.1) is 11.6 Å². The molecule has 1 saturated heterocycles. The molecule has 0 spiro atoms. The zero-order valence-corrected chi connectivity index (χ0v) is 14.9. The second kappa shape index (κ2) is 7.58. The number of nitrogens with zero attached hydrogens (tertiary/aromatic N) is 1. The Labute approximate surface area is 152 Å². The molecule has 1 aliphatic rings. The Bertz CT molecular complexity index is 768. The normalized spacial score (nSPS) is 17.2. The minimum atomic E-state index is -2.96. The van der Waals surface area contributed by atoms with Crippen molar-refractivity contribution in [2.75, 3.05) is 13.1 Å². The summed E-state index contributed by atoms with van der Waals surface area (Å²) < 4.78 is 35.3. The van der Waals surface area contributed by atoms with Gasteiger partial charge in [0.2, 0.25) is 0 Å². The lowest BCUT2D eigenvalue weighted by atomic mass is 10.3. The van der Waals surface area contributed by atoms with E-state index < -0.39 is 6.61 Å². The predicted octanol–water partition coefficient (Wildman–Crippen LogP) is 4.60. The van der Waals surface area contributed by atoms with Gasteiger partial charge in [-0.15, -0.1) is 11.3 Å². The standard InChI is InChI=1S/C17H16ClF2NO3S/c1-10-8-14(24-17(19)20)15(25-10)16(22)21-7-6-11(9-21)23-13-5-3-2-4-12(13)18/h2-5,8,11,17H,6-7,9H2,1H3. The number of halogens is 3. The number of likely N-dealkylation sites (tertiary alicyclic amines) is 1. The molecule has 2 heterocycles. The highest BCUT2D eigenvalue weighted by atomic mass is 35.5. The molecule has 3 rings (SSSR count). The minimum Gasteiger partial charge on any atom is -0.487 e.